The van der Waals surface area contributed by atoms with Crippen LogP contribution in [0.3, 0.4) is 0 Å². The molecule has 34 heavy (non-hydrogen) atoms. The van der Waals surface area contributed by atoms with Crippen LogP contribution in [0.25, 0.3) is 53.7 Å². The molecule has 2 heterocycles. The molecule has 0 aliphatic rings. The van der Waals surface area contributed by atoms with E-state index in [1.54, 1.807) is 0 Å². The molecule has 2 heteroatoms. The fraction of sp³-hybridized carbons (Fsp3) is 0.0938. The second-order valence-electron chi connectivity index (χ2n) is 8.87. The van der Waals surface area contributed by atoms with E-state index in [4.69, 9.17) is 1.37 Å². The van der Waals surface area contributed by atoms with E-state index in [1.165, 1.54) is 42.4 Å². The molecule has 4 aromatic carbocycles. The lowest BCUT2D eigenvalue weighted by molar-refractivity contribution is 0.864. The molecule has 0 amide bonds. The molecule has 1 nitrogen and oxygen atoms in total. The van der Waals surface area contributed by atoms with Gasteiger partial charge in [-0.05, 0) is 58.0 Å². The van der Waals surface area contributed by atoms with Gasteiger partial charge in [0.15, 0.2) is 0 Å². The van der Waals surface area contributed by atoms with E-state index in [9.17, 15) is 0 Å². The average Bonchev–Trinajstić information content (AvgIpc) is 3.27. The van der Waals surface area contributed by atoms with E-state index in [2.05, 4.69) is 102 Å². The fourth-order valence-corrected chi connectivity index (χ4v) is 5.84. The van der Waals surface area contributed by atoms with Crippen LogP contribution in [0.2, 0.25) is 0 Å². The Bertz CT molecular complexity index is 1680. The summed E-state index contributed by atoms with van der Waals surface area (Å²) in [7, 11) is 0. The van der Waals surface area contributed by atoms with Crippen molar-refractivity contribution in [3.8, 4) is 33.5 Å². The summed E-state index contributed by atoms with van der Waals surface area (Å²) in [6.45, 7) is 3.83. The van der Waals surface area contributed by atoms with Gasteiger partial charge in [-0.25, -0.2) is 0 Å². The summed E-state index contributed by atoms with van der Waals surface area (Å²) in [5, 5.41) is 2.52. The minimum atomic E-state index is -0.658. The average molecular weight is 457 g/mol. The third-order valence-electron chi connectivity index (χ3n) is 6.42. The number of thiophene rings is 1. The summed E-state index contributed by atoms with van der Waals surface area (Å²) in [6.07, 6.45) is 1.82. The lowest BCUT2D eigenvalue weighted by Crippen LogP contribution is -1.90. The minimum absolute atomic E-state index is 0.658. The number of rotatable bonds is 4. The lowest BCUT2D eigenvalue weighted by atomic mass is 9.98. The van der Waals surface area contributed by atoms with Gasteiger partial charge in [0, 0.05) is 33.3 Å². The Balaban J connectivity index is 1.47. The molecule has 0 atom stereocenters. The van der Waals surface area contributed by atoms with Crippen molar-refractivity contribution in [2.45, 2.75) is 19.7 Å². The molecule has 2 aromatic heterocycles. The molecule has 0 radical (unpaired) electrons. The predicted octanol–water partition coefficient (Wildman–Crippen LogP) is 9.57. The van der Waals surface area contributed by atoms with E-state index in [1.807, 2.05) is 37.4 Å². The number of hydrogen-bond donors (Lipinski definition) is 0. The first-order chi connectivity index (χ1) is 17.0. The van der Waals surface area contributed by atoms with Crippen molar-refractivity contribution in [3.63, 3.8) is 0 Å². The van der Waals surface area contributed by atoms with Crippen LogP contribution in [0, 0.1) is 0 Å². The smallest absolute Gasteiger partial charge is 0.0719 e. The van der Waals surface area contributed by atoms with Crippen molar-refractivity contribution in [1.29, 1.82) is 0 Å². The summed E-state index contributed by atoms with van der Waals surface area (Å²) >= 11 is 1.82. The van der Waals surface area contributed by atoms with Crippen LogP contribution >= 0.6 is 11.3 Å². The van der Waals surface area contributed by atoms with Crippen molar-refractivity contribution in [2.24, 2.45) is 0 Å². The first-order valence-corrected chi connectivity index (χ1v) is 12.4. The molecular weight excluding hydrogens is 430 g/mol. The van der Waals surface area contributed by atoms with E-state index in [0.717, 1.165) is 16.8 Å². The Hall–Kier alpha value is -3.75. The summed E-state index contributed by atoms with van der Waals surface area (Å²) in [5.41, 5.74) is 7.93. The second-order valence-corrected chi connectivity index (χ2v) is 9.92. The Kier molecular flexibility index (Phi) is 4.95. The Morgan fingerprint density at radius 2 is 1.41 bits per heavy atom. The van der Waals surface area contributed by atoms with Crippen LogP contribution in [0.5, 0.6) is 0 Å². The molecule has 0 N–H and O–H groups in total. The zero-order valence-corrected chi connectivity index (χ0v) is 20.1. The first kappa shape index (κ1) is 19.7. The highest BCUT2D eigenvalue weighted by Crippen LogP contribution is 2.41. The predicted molar refractivity (Wildman–Crippen MR) is 148 cm³/mol. The molecule has 0 saturated carbocycles. The topological polar surface area (TPSA) is 12.9 Å². The number of hydrogen-bond acceptors (Lipinski definition) is 2. The summed E-state index contributed by atoms with van der Waals surface area (Å²) < 4.78 is 10.9. The SMILES string of the molecule is [2H]C(C)(C)c1ccnc(-c2cccc3c2sc2cc(-c4cccc(-c5ccccc5)c4)ccc23)c1. The molecule has 0 unspecified atom stereocenters. The maximum Gasteiger partial charge on any atom is 0.0719 e. The van der Waals surface area contributed by atoms with Gasteiger partial charge in [0.25, 0.3) is 0 Å². The van der Waals surface area contributed by atoms with E-state index < -0.39 is 5.89 Å². The monoisotopic (exact) mass is 456 g/mol. The summed E-state index contributed by atoms with van der Waals surface area (Å²) in [6, 6.07) is 36.5. The Morgan fingerprint density at radius 1 is 0.676 bits per heavy atom. The van der Waals surface area contributed by atoms with Crippen molar-refractivity contribution in [3.05, 3.63) is 115 Å². The Morgan fingerprint density at radius 3 is 2.24 bits per heavy atom. The highest BCUT2D eigenvalue weighted by molar-refractivity contribution is 7.26. The lowest BCUT2D eigenvalue weighted by Gasteiger charge is -2.08. The summed E-state index contributed by atoms with van der Waals surface area (Å²) in [5.74, 6) is -0.658. The van der Waals surface area contributed by atoms with Crippen molar-refractivity contribution >= 4 is 31.5 Å². The third-order valence-corrected chi connectivity index (χ3v) is 7.62. The van der Waals surface area contributed by atoms with Gasteiger partial charge in [0.1, 0.15) is 0 Å². The third kappa shape index (κ3) is 3.70. The normalized spacial score (nSPS) is 12.2. The highest BCUT2D eigenvalue weighted by atomic mass is 32.1. The molecule has 164 valence electrons. The highest BCUT2D eigenvalue weighted by Gasteiger charge is 2.13. The molecule has 0 bridgehead atoms. The van der Waals surface area contributed by atoms with Crippen molar-refractivity contribution in [1.82, 2.24) is 4.98 Å². The summed E-state index contributed by atoms with van der Waals surface area (Å²) in [4.78, 5) is 4.67. The van der Waals surface area contributed by atoms with Gasteiger partial charge in [0.05, 0.1) is 5.69 Å². The first-order valence-electron chi connectivity index (χ1n) is 12.1. The largest absolute Gasteiger partial charge is 0.256 e. The minimum Gasteiger partial charge on any atom is -0.256 e. The van der Waals surface area contributed by atoms with Crippen molar-refractivity contribution in [2.75, 3.05) is 0 Å². The van der Waals surface area contributed by atoms with Crippen LogP contribution in [-0.2, 0) is 0 Å². The molecule has 0 spiro atoms. The van der Waals surface area contributed by atoms with E-state index in [-0.39, 0.29) is 0 Å². The van der Waals surface area contributed by atoms with Crippen LogP contribution < -0.4 is 0 Å². The quantitative estimate of drug-likeness (QED) is 0.257. The van der Waals surface area contributed by atoms with Gasteiger partial charge in [-0.1, -0.05) is 92.7 Å². The molecule has 6 aromatic rings. The molecule has 0 aliphatic heterocycles. The second kappa shape index (κ2) is 8.55. The van der Waals surface area contributed by atoms with Crippen LogP contribution in [0.15, 0.2) is 109 Å². The van der Waals surface area contributed by atoms with Gasteiger partial charge in [-0.15, -0.1) is 11.3 Å². The molecular formula is C32H25NS. The number of fused-ring (bicyclic) bond motifs is 3. The Labute approximate surface area is 205 Å². The molecule has 6 rings (SSSR count). The van der Waals surface area contributed by atoms with Crippen molar-refractivity contribution < 1.29 is 1.37 Å². The standard InChI is InChI=1S/C32H25NS/c1-21(2)23-16-17-33-30(19-23)29-13-7-12-28-27-15-14-26(20-31(27)34-32(28)29)25-11-6-10-24(18-25)22-8-4-3-5-9-22/h3-21H,1-2H3/i21D. The fourth-order valence-electron chi connectivity index (χ4n) is 4.58. The molecule has 0 aliphatic carbocycles. The molecule has 0 saturated heterocycles. The molecule has 0 fully saturated rings. The number of pyridine rings is 1. The van der Waals surface area contributed by atoms with Gasteiger partial charge in [0.2, 0.25) is 0 Å². The van der Waals surface area contributed by atoms with E-state index >= 15 is 0 Å². The zero-order chi connectivity index (χ0) is 24.0. The maximum atomic E-state index is 8.43. The van der Waals surface area contributed by atoms with Crippen LogP contribution in [0.1, 0.15) is 26.7 Å². The van der Waals surface area contributed by atoms with Crippen LogP contribution in [-0.4, -0.2) is 4.98 Å². The van der Waals surface area contributed by atoms with Gasteiger partial charge >= 0.3 is 0 Å². The van der Waals surface area contributed by atoms with E-state index in [0.29, 0.717) is 0 Å². The van der Waals surface area contributed by atoms with Gasteiger partial charge in [-0.2, -0.15) is 0 Å². The number of aromatic nitrogens is 1. The zero-order valence-electron chi connectivity index (χ0n) is 20.2. The number of benzene rings is 4. The van der Waals surface area contributed by atoms with Crippen LogP contribution in [0.4, 0.5) is 0 Å². The maximum absolute atomic E-state index is 8.43. The number of nitrogens with zero attached hydrogens (tertiary/aromatic N) is 1. The van der Waals surface area contributed by atoms with Gasteiger partial charge < -0.3 is 0 Å². The van der Waals surface area contributed by atoms with Gasteiger partial charge in [-0.3, -0.25) is 4.98 Å².